The maximum absolute atomic E-state index is 12.4. The van der Waals surface area contributed by atoms with Crippen molar-refractivity contribution in [2.45, 2.75) is 46.9 Å². The molecule has 5 nitrogen and oxygen atoms in total. The second-order valence-corrected chi connectivity index (χ2v) is 7.08. The highest BCUT2D eigenvalue weighted by Gasteiger charge is 2.17. The lowest BCUT2D eigenvalue weighted by atomic mass is 10.2. The van der Waals surface area contributed by atoms with E-state index in [1.807, 2.05) is 67.9 Å². The van der Waals surface area contributed by atoms with Gasteiger partial charge in [-0.2, -0.15) is 5.10 Å². The Bertz CT molecular complexity index is 930. The lowest BCUT2D eigenvalue weighted by Crippen LogP contribution is -2.36. The molecule has 1 heterocycles. The van der Waals surface area contributed by atoms with Gasteiger partial charge in [-0.1, -0.05) is 48.0 Å². The molecule has 3 aromatic rings. The van der Waals surface area contributed by atoms with E-state index in [4.69, 9.17) is 4.74 Å². The first-order chi connectivity index (χ1) is 13.4. The normalized spacial score (nSPS) is 11.9. The molecule has 1 atom stereocenters. The van der Waals surface area contributed by atoms with Crippen molar-refractivity contribution >= 4 is 5.91 Å². The van der Waals surface area contributed by atoms with Crippen molar-refractivity contribution in [3.05, 3.63) is 82.7 Å². The average molecular weight is 377 g/mol. The maximum atomic E-state index is 12.4. The smallest absolute Gasteiger partial charge is 0.261 e. The number of aromatic nitrogens is 2. The molecule has 0 fully saturated rings. The Hall–Kier alpha value is -3.08. The molecule has 0 spiro atoms. The Kier molecular flexibility index (Phi) is 6.14. The number of nitrogens with one attached hydrogen (secondary N) is 1. The van der Waals surface area contributed by atoms with E-state index >= 15 is 0 Å². The van der Waals surface area contributed by atoms with Gasteiger partial charge < -0.3 is 10.1 Å². The van der Waals surface area contributed by atoms with Crippen molar-refractivity contribution in [3.8, 4) is 5.75 Å². The zero-order valence-electron chi connectivity index (χ0n) is 16.9. The number of hydrogen-bond acceptors (Lipinski definition) is 3. The summed E-state index contributed by atoms with van der Waals surface area (Å²) in [6, 6.07) is 17.9. The zero-order chi connectivity index (χ0) is 20.1. The molecule has 0 bridgehead atoms. The molecule has 0 radical (unpaired) electrons. The number of carbonyl (C=O) groups excluding carboxylic acids is 1. The van der Waals surface area contributed by atoms with Crippen LogP contribution in [0.1, 0.15) is 35.0 Å². The summed E-state index contributed by atoms with van der Waals surface area (Å²) >= 11 is 0. The minimum Gasteiger partial charge on any atom is -0.481 e. The van der Waals surface area contributed by atoms with Crippen LogP contribution in [0.3, 0.4) is 0 Å². The van der Waals surface area contributed by atoms with Gasteiger partial charge in [0.05, 0.1) is 12.2 Å². The largest absolute Gasteiger partial charge is 0.481 e. The zero-order valence-corrected chi connectivity index (χ0v) is 16.9. The Morgan fingerprint density at radius 3 is 2.43 bits per heavy atom. The summed E-state index contributed by atoms with van der Waals surface area (Å²) < 4.78 is 7.72. The molecule has 5 heteroatoms. The summed E-state index contributed by atoms with van der Waals surface area (Å²) in [6.07, 6.45) is -0.567. The van der Waals surface area contributed by atoms with Gasteiger partial charge >= 0.3 is 0 Å². The minimum absolute atomic E-state index is 0.143. The average Bonchev–Trinajstić information content (AvgIpc) is 2.95. The molecule has 2 aromatic carbocycles. The van der Waals surface area contributed by atoms with Gasteiger partial charge in [-0.3, -0.25) is 9.48 Å². The third-order valence-electron chi connectivity index (χ3n) is 4.85. The van der Waals surface area contributed by atoms with Gasteiger partial charge in [0.2, 0.25) is 0 Å². The van der Waals surface area contributed by atoms with Crippen LogP contribution in [0.2, 0.25) is 0 Å². The third kappa shape index (κ3) is 4.80. The second-order valence-electron chi connectivity index (χ2n) is 7.08. The molecule has 0 saturated heterocycles. The fourth-order valence-electron chi connectivity index (χ4n) is 3.09. The number of ether oxygens (including phenoxy) is 1. The number of nitrogens with zero attached hydrogens (tertiary/aromatic N) is 2. The first kappa shape index (κ1) is 19.7. The van der Waals surface area contributed by atoms with E-state index in [-0.39, 0.29) is 5.91 Å². The van der Waals surface area contributed by atoms with Crippen LogP contribution in [-0.2, 0) is 17.9 Å². The summed E-state index contributed by atoms with van der Waals surface area (Å²) in [4.78, 5) is 12.4. The van der Waals surface area contributed by atoms with E-state index in [0.717, 1.165) is 22.5 Å². The third-order valence-corrected chi connectivity index (χ3v) is 4.85. The van der Waals surface area contributed by atoms with Crippen molar-refractivity contribution in [3.63, 3.8) is 0 Å². The van der Waals surface area contributed by atoms with E-state index in [1.54, 1.807) is 6.92 Å². The number of aryl methyl sites for hydroxylation is 2. The van der Waals surface area contributed by atoms with Crippen molar-refractivity contribution in [1.82, 2.24) is 15.1 Å². The van der Waals surface area contributed by atoms with E-state index in [2.05, 4.69) is 22.5 Å². The van der Waals surface area contributed by atoms with Crippen LogP contribution in [0.5, 0.6) is 5.75 Å². The molecule has 0 aliphatic carbocycles. The quantitative estimate of drug-likeness (QED) is 0.678. The summed E-state index contributed by atoms with van der Waals surface area (Å²) in [6.45, 7) is 8.94. The fraction of sp³-hybridized carbons (Fsp3) is 0.304. The molecule has 1 aromatic heterocycles. The van der Waals surface area contributed by atoms with Crippen LogP contribution >= 0.6 is 0 Å². The lowest BCUT2D eigenvalue weighted by Gasteiger charge is -2.15. The van der Waals surface area contributed by atoms with Crippen LogP contribution in [0.15, 0.2) is 54.6 Å². The Labute approximate surface area is 166 Å². The van der Waals surface area contributed by atoms with Gasteiger partial charge in [0.1, 0.15) is 5.75 Å². The van der Waals surface area contributed by atoms with Crippen molar-refractivity contribution < 1.29 is 9.53 Å². The van der Waals surface area contributed by atoms with E-state index in [1.165, 1.54) is 5.56 Å². The summed E-state index contributed by atoms with van der Waals surface area (Å²) in [5, 5.41) is 7.61. The van der Waals surface area contributed by atoms with Crippen LogP contribution in [0.25, 0.3) is 0 Å². The molecule has 146 valence electrons. The summed E-state index contributed by atoms with van der Waals surface area (Å²) in [5.74, 6) is 0.548. The van der Waals surface area contributed by atoms with Gasteiger partial charge in [0.15, 0.2) is 6.10 Å². The fourth-order valence-corrected chi connectivity index (χ4v) is 3.09. The van der Waals surface area contributed by atoms with Gasteiger partial charge in [0, 0.05) is 17.8 Å². The first-order valence-corrected chi connectivity index (χ1v) is 9.52. The second kappa shape index (κ2) is 8.74. The van der Waals surface area contributed by atoms with Gasteiger partial charge in [-0.15, -0.1) is 0 Å². The molecule has 1 amide bonds. The standard InChI is InChI=1S/C23H27N3O2/c1-16-10-12-21(13-11-16)28-19(4)23(27)24-14-22-17(2)25-26(18(22)3)15-20-8-6-5-7-9-20/h5-13,19H,14-15H2,1-4H3,(H,24,27). The Morgan fingerprint density at radius 2 is 1.75 bits per heavy atom. The minimum atomic E-state index is -0.567. The lowest BCUT2D eigenvalue weighted by molar-refractivity contribution is -0.127. The van der Waals surface area contributed by atoms with Crippen molar-refractivity contribution in [2.75, 3.05) is 0 Å². The molecular weight excluding hydrogens is 350 g/mol. The van der Waals surface area contributed by atoms with Gasteiger partial charge in [-0.05, 0) is 45.4 Å². The van der Waals surface area contributed by atoms with Crippen LogP contribution in [0.4, 0.5) is 0 Å². The Morgan fingerprint density at radius 1 is 1.07 bits per heavy atom. The molecule has 0 aliphatic heterocycles. The van der Waals surface area contributed by atoms with Gasteiger partial charge in [0.25, 0.3) is 5.91 Å². The number of amides is 1. The number of hydrogen-bond donors (Lipinski definition) is 1. The highest BCUT2D eigenvalue weighted by atomic mass is 16.5. The molecule has 0 saturated carbocycles. The van der Waals surface area contributed by atoms with Gasteiger partial charge in [-0.25, -0.2) is 0 Å². The highest BCUT2D eigenvalue weighted by molar-refractivity contribution is 5.80. The number of carbonyl (C=O) groups is 1. The van der Waals surface area contributed by atoms with Crippen LogP contribution in [0, 0.1) is 20.8 Å². The maximum Gasteiger partial charge on any atom is 0.261 e. The molecule has 1 unspecified atom stereocenters. The topological polar surface area (TPSA) is 56.1 Å². The van der Waals surface area contributed by atoms with Crippen molar-refractivity contribution in [1.29, 1.82) is 0 Å². The SMILES string of the molecule is Cc1ccc(OC(C)C(=O)NCc2c(C)nn(Cc3ccccc3)c2C)cc1. The summed E-state index contributed by atoms with van der Waals surface area (Å²) in [5.41, 5.74) is 5.40. The van der Waals surface area contributed by atoms with Crippen molar-refractivity contribution in [2.24, 2.45) is 0 Å². The van der Waals surface area contributed by atoms with Crippen LogP contribution in [-0.4, -0.2) is 21.8 Å². The van der Waals surface area contributed by atoms with E-state index in [0.29, 0.717) is 18.8 Å². The predicted octanol–water partition coefficient (Wildman–Crippen LogP) is 3.94. The Balaban J connectivity index is 1.60. The molecule has 28 heavy (non-hydrogen) atoms. The van der Waals surface area contributed by atoms with E-state index in [9.17, 15) is 4.79 Å². The summed E-state index contributed by atoms with van der Waals surface area (Å²) in [7, 11) is 0. The molecule has 3 rings (SSSR count). The highest BCUT2D eigenvalue weighted by Crippen LogP contribution is 2.16. The molecule has 1 N–H and O–H groups in total. The first-order valence-electron chi connectivity index (χ1n) is 9.52. The molecular formula is C23H27N3O2. The number of rotatable bonds is 7. The predicted molar refractivity (Wildman–Crippen MR) is 110 cm³/mol. The number of benzene rings is 2. The monoisotopic (exact) mass is 377 g/mol. The molecule has 0 aliphatic rings. The van der Waals surface area contributed by atoms with E-state index < -0.39 is 6.10 Å². The van der Waals surface area contributed by atoms with Crippen LogP contribution < -0.4 is 10.1 Å².